The van der Waals surface area contributed by atoms with Gasteiger partial charge in [0.2, 0.25) is 0 Å². The maximum atomic E-state index is 12.1. The lowest BCUT2D eigenvalue weighted by Crippen LogP contribution is -3.28. The number of hydrogen-bond acceptors (Lipinski definition) is 3. The van der Waals surface area contributed by atoms with Crippen LogP contribution in [0.3, 0.4) is 0 Å². The van der Waals surface area contributed by atoms with Crippen LogP contribution >= 0.6 is 0 Å². The standard InChI is InChI=1S/C20H30N4O3/c1-27-18-8-6-16(7-9-18)14-23-10-12-24(13-11-23)15-19(25)22-20(26)21-17-4-2-3-5-17/h6-9,17H,2-5,10-15H2,1H3,(H2,21,22,25,26)/p+2. The molecule has 3 rings (SSSR count). The lowest BCUT2D eigenvalue weighted by molar-refractivity contribution is -1.02. The SMILES string of the molecule is COc1ccc(C[NH+]2CC[NH+](CC(=O)NC(=O)NC3CCCC3)CC2)cc1. The van der Waals surface area contributed by atoms with Crippen LogP contribution in [-0.2, 0) is 11.3 Å². The first-order valence-corrected chi connectivity index (χ1v) is 10.0. The molecule has 0 atom stereocenters. The summed E-state index contributed by atoms with van der Waals surface area (Å²) < 4.78 is 5.20. The Labute approximate surface area is 161 Å². The van der Waals surface area contributed by atoms with Crippen molar-refractivity contribution in [3.8, 4) is 5.75 Å². The van der Waals surface area contributed by atoms with Gasteiger partial charge in [-0.15, -0.1) is 0 Å². The van der Waals surface area contributed by atoms with E-state index < -0.39 is 0 Å². The molecule has 7 nitrogen and oxygen atoms in total. The van der Waals surface area contributed by atoms with Crippen molar-refractivity contribution in [1.82, 2.24) is 10.6 Å². The molecule has 4 N–H and O–H groups in total. The maximum absolute atomic E-state index is 12.1. The van der Waals surface area contributed by atoms with Crippen LogP contribution in [0.5, 0.6) is 5.75 Å². The molecular weight excluding hydrogens is 344 g/mol. The van der Waals surface area contributed by atoms with Crippen LogP contribution in [-0.4, -0.2) is 57.8 Å². The Morgan fingerprint density at radius 1 is 1.04 bits per heavy atom. The van der Waals surface area contributed by atoms with Gasteiger partial charge in [0.05, 0.1) is 7.11 Å². The van der Waals surface area contributed by atoms with Crippen molar-refractivity contribution in [2.75, 3.05) is 39.8 Å². The molecule has 0 bridgehead atoms. The van der Waals surface area contributed by atoms with Crippen LogP contribution in [0.15, 0.2) is 24.3 Å². The normalized spacial score (nSPS) is 23.0. The lowest BCUT2D eigenvalue weighted by atomic mass is 10.2. The molecule has 2 aliphatic rings. The highest BCUT2D eigenvalue weighted by Gasteiger charge is 2.26. The first kappa shape index (κ1) is 19.6. The van der Waals surface area contributed by atoms with Crippen molar-refractivity contribution in [1.29, 1.82) is 0 Å². The average molecular weight is 377 g/mol. The van der Waals surface area contributed by atoms with Crippen molar-refractivity contribution >= 4 is 11.9 Å². The second-order valence-corrected chi connectivity index (χ2v) is 7.70. The zero-order valence-electron chi connectivity index (χ0n) is 16.2. The molecule has 1 heterocycles. The van der Waals surface area contributed by atoms with E-state index in [1.165, 1.54) is 15.4 Å². The number of carbonyl (C=O) groups excluding carboxylic acids is 2. The summed E-state index contributed by atoms with van der Waals surface area (Å²) in [5.74, 6) is 0.699. The highest BCUT2D eigenvalue weighted by molar-refractivity contribution is 5.94. The first-order valence-electron chi connectivity index (χ1n) is 10.0. The van der Waals surface area contributed by atoms with Crippen molar-refractivity contribution < 1.29 is 24.1 Å². The third-order valence-corrected chi connectivity index (χ3v) is 5.63. The molecule has 0 spiro atoms. The molecule has 3 amide bonds. The van der Waals surface area contributed by atoms with Crippen LogP contribution in [0.1, 0.15) is 31.2 Å². The van der Waals surface area contributed by atoms with E-state index in [1.54, 1.807) is 7.11 Å². The minimum Gasteiger partial charge on any atom is -0.497 e. The minimum atomic E-state index is -0.338. The number of piperazine rings is 1. The van der Waals surface area contributed by atoms with E-state index in [1.807, 2.05) is 12.1 Å². The molecule has 1 aromatic carbocycles. The Kier molecular flexibility index (Phi) is 7.06. The third-order valence-electron chi connectivity index (χ3n) is 5.63. The molecule has 1 aliphatic heterocycles. The van der Waals surface area contributed by atoms with Crippen molar-refractivity contribution in [2.24, 2.45) is 0 Å². The number of hydrogen-bond donors (Lipinski definition) is 4. The van der Waals surface area contributed by atoms with Gasteiger partial charge < -0.3 is 19.9 Å². The fraction of sp³-hybridized carbons (Fsp3) is 0.600. The van der Waals surface area contributed by atoms with Crippen LogP contribution in [0, 0.1) is 0 Å². The van der Waals surface area contributed by atoms with Gasteiger partial charge in [-0.3, -0.25) is 10.1 Å². The van der Waals surface area contributed by atoms with Gasteiger partial charge in [0.15, 0.2) is 6.54 Å². The summed E-state index contributed by atoms with van der Waals surface area (Å²) in [5.41, 5.74) is 1.30. The predicted octanol–water partition coefficient (Wildman–Crippen LogP) is -1.25. The lowest BCUT2D eigenvalue weighted by Gasteiger charge is -2.29. The summed E-state index contributed by atoms with van der Waals surface area (Å²) in [6.07, 6.45) is 4.36. The molecule has 27 heavy (non-hydrogen) atoms. The summed E-state index contributed by atoms with van der Waals surface area (Å²) in [5, 5.41) is 5.38. The maximum Gasteiger partial charge on any atom is 0.321 e. The second kappa shape index (κ2) is 9.71. The zero-order chi connectivity index (χ0) is 19.1. The number of urea groups is 1. The van der Waals surface area contributed by atoms with Crippen LogP contribution in [0.2, 0.25) is 0 Å². The molecule has 0 aromatic heterocycles. The van der Waals surface area contributed by atoms with Gasteiger partial charge in [-0.1, -0.05) is 12.8 Å². The largest absolute Gasteiger partial charge is 0.497 e. The van der Waals surface area contributed by atoms with Crippen LogP contribution in [0.4, 0.5) is 4.79 Å². The van der Waals surface area contributed by atoms with Crippen molar-refractivity contribution in [3.63, 3.8) is 0 Å². The molecule has 0 unspecified atom stereocenters. The summed E-state index contributed by atoms with van der Waals surface area (Å²) in [6, 6.07) is 8.11. The second-order valence-electron chi connectivity index (χ2n) is 7.70. The number of rotatable bonds is 6. The van der Waals surface area contributed by atoms with E-state index >= 15 is 0 Å². The first-order chi connectivity index (χ1) is 13.1. The summed E-state index contributed by atoms with van der Waals surface area (Å²) in [6.45, 7) is 5.32. The Bertz CT molecular complexity index is 621. The quantitative estimate of drug-likeness (QED) is 0.501. The van der Waals surface area contributed by atoms with Crippen LogP contribution in [0.25, 0.3) is 0 Å². The van der Waals surface area contributed by atoms with Gasteiger partial charge in [0.1, 0.15) is 38.5 Å². The molecular formula is C20H32N4O3+2. The number of imide groups is 1. The van der Waals surface area contributed by atoms with Gasteiger partial charge in [-0.25, -0.2) is 4.79 Å². The van der Waals surface area contributed by atoms with E-state index in [9.17, 15) is 9.59 Å². The molecule has 0 radical (unpaired) electrons. The molecule has 2 fully saturated rings. The number of carbonyl (C=O) groups is 2. The fourth-order valence-electron chi connectivity index (χ4n) is 4.03. The Morgan fingerprint density at radius 2 is 1.67 bits per heavy atom. The van der Waals surface area contributed by atoms with Gasteiger partial charge in [-0.05, 0) is 37.1 Å². The highest BCUT2D eigenvalue weighted by Crippen LogP contribution is 2.17. The van der Waals surface area contributed by atoms with Gasteiger partial charge in [0.25, 0.3) is 5.91 Å². The van der Waals surface area contributed by atoms with Crippen molar-refractivity contribution in [2.45, 2.75) is 38.3 Å². The Balaban J connectivity index is 1.34. The number of ether oxygens (including phenoxy) is 1. The number of methoxy groups -OCH3 is 1. The molecule has 1 saturated heterocycles. The van der Waals surface area contributed by atoms with E-state index in [0.29, 0.717) is 6.54 Å². The summed E-state index contributed by atoms with van der Waals surface area (Å²) in [4.78, 5) is 26.8. The molecule has 1 aromatic rings. The number of quaternary nitrogens is 2. The Hall–Kier alpha value is -2.12. The minimum absolute atomic E-state index is 0.181. The number of nitrogens with one attached hydrogen (secondary N) is 4. The van der Waals surface area contributed by atoms with E-state index in [0.717, 1.165) is 64.2 Å². The van der Waals surface area contributed by atoms with E-state index in [4.69, 9.17) is 4.74 Å². The highest BCUT2D eigenvalue weighted by atomic mass is 16.5. The third kappa shape index (κ3) is 6.22. The smallest absolute Gasteiger partial charge is 0.321 e. The van der Waals surface area contributed by atoms with Gasteiger partial charge >= 0.3 is 6.03 Å². The number of amides is 3. The molecule has 1 saturated carbocycles. The van der Waals surface area contributed by atoms with E-state index in [-0.39, 0.29) is 18.0 Å². The summed E-state index contributed by atoms with van der Waals surface area (Å²) >= 11 is 0. The predicted molar refractivity (Wildman–Crippen MR) is 102 cm³/mol. The molecule has 7 heteroatoms. The topological polar surface area (TPSA) is 76.3 Å². The van der Waals surface area contributed by atoms with E-state index in [2.05, 4.69) is 22.8 Å². The summed E-state index contributed by atoms with van der Waals surface area (Å²) in [7, 11) is 1.68. The zero-order valence-corrected chi connectivity index (χ0v) is 16.2. The fourth-order valence-corrected chi connectivity index (χ4v) is 4.03. The van der Waals surface area contributed by atoms with Crippen LogP contribution < -0.4 is 25.2 Å². The Morgan fingerprint density at radius 3 is 2.30 bits per heavy atom. The molecule has 148 valence electrons. The molecule has 1 aliphatic carbocycles. The monoisotopic (exact) mass is 376 g/mol. The van der Waals surface area contributed by atoms with Gasteiger partial charge in [0, 0.05) is 11.6 Å². The van der Waals surface area contributed by atoms with Gasteiger partial charge in [-0.2, -0.15) is 0 Å². The number of benzene rings is 1. The average Bonchev–Trinajstić information content (AvgIpc) is 3.16. The van der Waals surface area contributed by atoms with Crippen molar-refractivity contribution in [3.05, 3.63) is 29.8 Å².